The average Bonchev–Trinajstić information content (AvgIpc) is 3.15. The molecule has 2 aromatic rings. The molecule has 152 valence electrons. The van der Waals surface area contributed by atoms with Gasteiger partial charge in [0.05, 0.1) is 12.8 Å². The molecule has 7 nitrogen and oxygen atoms in total. The summed E-state index contributed by atoms with van der Waals surface area (Å²) in [6.07, 6.45) is 2.30. The van der Waals surface area contributed by atoms with Crippen molar-refractivity contribution in [1.29, 1.82) is 0 Å². The summed E-state index contributed by atoms with van der Waals surface area (Å²) in [5.74, 6) is 2.27. The molecule has 1 saturated heterocycles. The molecule has 2 unspecified atom stereocenters. The Hall–Kier alpha value is -2.38. The largest absolute Gasteiger partial charge is 0.496 e. The standard InChI is InChI=1S/C21H29N3O4/c1-26-14-19-11-18(24-28-19)9-17-12-22-8-7-15(17)10-21(25)23-13-16-5-3-4-6-20(16)27-2/h3-6,11,15,17,22H,7-10,12-14H2,1-2H3,(H,23,25). The van der Waals surface area contributed by atoms with E-state index >= 15 is 0 Å². The predicted molar refractivity (Wildman–Crippen MR) is 105 cm³/mol. The summed E-state index contributed by atoms with van der Waals surface area (Å²) >= 11 is 0. The molecule has 2 N–H and O–H groups in total. The van der Waals surface area contributed by atoms with Gasteiger partial charge in [-0.15, -0.1) is 0 Å². The minimum atomic E-state index is 0.0723. The highest BCUT2D eigenvalue weighted by atomic mass is 16.5. The lowest BCUT2D eigenvalue weighted by atomic mass is 9.81. The molecule has 7 heteroatoms. The number of amides is 1. The van der Waals surface area contributed by atoms with Gasteiger partial charge in [-0.05, 0) is 43.8 Å². The third kappa shape index (κ3) is 5.56. The van der Waals surface area contributed by atoms with E-state index in [1.54, 1.807) is 14.2 Å². The van der Waals surface area contributed by atoms with Gasteiger partial charge < -0.3 is 24.6 Å². The van der Waals surface area contributed by atoms with E-state index < -0.39 is 0 Å². The molecule has 1 amide bonds. The van der Waals surface area contributed by atoms with Crippen molar-refractivity contribution in [2.24, 2.45) is 11.8 Å². The molecule has 1 fully saturated rings. The van der Waals surface area contributed by atoms with Gasteiger partial charge in [0.25, 0.3) is 0 Å². The van der Waals surface area contributed by atoms with Crippen LogP contribution in [0, 0.1) is 11.8 Å². The Morgan fingerprint density at radius 2 is 2.18 bits per heavy atom. The summed E-state index contributed by atoms with van der Waals surface area (Å²) in [7, 11) is 3.27. The van der Waals surface area contributed by atoms with Gasteiger partial charge in [-0.3, -0.25) is 4.79 Å². The van der Waals surface area contributed by atoms with Crippen LogP contribution in [0.4, 0.5) is 0 Å². The first-order valence-corrected chi connectivity index (χ1v) is 9.72. The van der Waals surface area contributed by atoms with Crippen LogP contribution in [0.1, 0.15) is 29.9 Å². The first-order chi connectivity index (χ1) is 13.7. The quantitative estimate of drug-likeness (QED) is 0.687. The highest BCUT2D eigenvalue weighted by Crippen LogP contribution is 2.26. The predicted octanol–water partition coefficient (Wildman–Crippen LogP) is 2.30. The molecule has 0 radical (unpaired) electrons. The Morgan fingerprint density at radius 3 is 3.00 bits per heavy atom. The summed E-state index contributed by atoms with van der Waals surface area (Å²) in [5.41, 5.74) is 1.90. The molecule has 1 aromatic heterocycles. The third-order valence-corrected chi connectivity index (χ3v) is 5.25. The van der Waals surface area contributed by atoms with Crippen LogP contribution in [0.15, 0.2) is 34.9 Å². The molecule has 1 aromatic carbocycles. The van der Waals surface area contributed by atoms with Gasteiger partial charge in [0.15, 0.2) is 5.76 Å². The third-order valence-electron chi connectivity index (χ3n) is 5.25. The Kier molecular flexibility index (Phi) is 7.45. The number of hydrogen-bond donors (Lipinski definition) is 2. The monoisotopic (exact) mass is 387 g/mol. The van der Waals surface area contributed by atoms with E-state index in [1.165, 1.54) is 0 Å². The van der Waals surface area contributed by atoms with Gasteiger partial charge in [-0.1, -0.05) is 23.4 Å². The maximum absolute atomic E-state index is 12.5. The van der Waals surface area contributed by atoms with Crippen LogP contribution in [0.25, 0.3) is 0 Å². The fourth-order valence-corrected chi connectivity index (χ4v) is 3.77. The first-order valence-electron chi connectivity index (χ1n) is 9.72. The molecule has 3 rings (SSSR count). The van der Waals surface area contributed by atoms with Gasteiger partial charge in [-0.25, -0.2) is 0 Å². The van der Waals surface area contributed by atoms with E-state index in [0.29, 0.717) is 31.4 Å². The average molecular weight is 387 g/mol. The van der Waals surface area contributed by atoms with Crippen molar-refractivity contribution in [2.75, 3.05) is 27.3 Å². The highest BCUT2D eigenvalue weighted by Gasteiger charge is 2.28. The zero-order valence-electron chi connectivity index (χ0n) is 16.6. The Bertz CT molecular complexity index is 762. The second kappa shape index (κ2) is 10.2. The van der Waals surface area contributed by atoms with Gasteiger partial charge in [-0.2, -0.15) is 0 Å². The Balaban J connectivity index is 1.53. The molecule has 0 spiro atoms. The second-order valence-corrected chi connectivity index (χ2v) is 7.23. The van der Waals surface area contributed by atoms with Crippen molar-refractivity contribution in [1.82, 2.24) is 15.8 Å². The minimum absolute atomic E-state index is 0.0723. The van der Waals surface area contributed by atoms with E-state index in [4.69, 9.17) is 14.0 Å². The number of hydrogen-bond acceptors (Lipinski definition) is 6. The van der Waals surface area contributed by atoms with Crippen LogP contribution in [0.5, 0.6) is 5.75 Å². The van der Waals surface area contributed by atoms with E-state index in [-0.39, 0.29) is 5.91 Å². The van der Waals surface area contributed by atoms with Crippen LogP contribution in [0.3, 0.4) is 0 Å². The fraction of sp³-hybridized carbons (Fsp3) is 0.524. The van der Waals surface area contributed by atoms with Crippen molar-refractivity contribution in [3.8, 4) is 5.75 Å². The number of rotatable bonds is 9. The molecule has 0 bridgehead atoms. The maximum atomic E-state index is 12.5. The minimum Gasteiger partial charge on any atom is -0.496 e. The van der Waals surface area contributed by atoms with E-state index in [0.717, 1.165) is 48.7 Å². The lowest BCUT2D eigenvalue weighted by molar-refractivity contribution is -0.122. The molecular weight excluding hydrogens is 358 g/mol. The van der Waals surface area contributed by atoms with Crippen LogP contribution in [0.2, 0.25) is 0 Å². The van der Waals surface area contributed by atoms with Crippen molar-refractivity contribution in [3.63, 3.8) is 0 Å². The molecule has 2 heterocycles. The van der Waals surface area contributed by atoms with Crippen molar-refractivity contribution >= 4 is 5.91 Å². The zero-order valence-corrected chi connectivity index (χ0v) is 16.6. The second-order valence-electron chi connectivity index (χ2n) is 7.23. The summed E-state index contributed by atoms with van der Waals surface area (Å²) in [5, 5.41) is 10.6. The van der Waals surface area contributed by atoms with E-state index in [9.17, 15) is 4.79 Å². The van der Waals surface area contributed by atoms with Gasteiger partial charge >= 0.3 is 0 Å². The fourth-order valence-electron chi connectivity index (χ4n) is 3.77. The van der Waals surface area contributed by atoms with Crippen LogP contribution >= 0.6 is 0 Å². The molecule has 2 atom stereocenters. The summed E-state index contributed by atoms with van der Waals surface area (Å²) < 4.78 is 15.7. The summed E-state index contributed by atoms with van der Waals surface area (Å²) in [4.78, 5) is 12.5. The number of nitrogens with one attached hydrogen (secondary N) is 2. The lowest BCUT2D eigenvalue weighted by Gasteiger charge is -2.31. The Labute approximate surface area is 165 Å². The smallest absolute Gasteiger partial charge is 0.220 e. The highest BCUT2D eigenvalue weighted by molar-refractivity contribution is 5.76. The lowest BCUT2D eigenvalue weighted by Crippen LogP contribution is -2.40. The van der Waals surface area contributed by atoms with Gasteiger partial charge in [0.1, 0.15) is 12.4 Å². The number of para-hydroxylation sites is 1. The number of benzene rings is 1. The van der Waals surface area contributed by atoms with Crippen LogP contribution in [-0.2, 0) is 29.1 Å². The molecular formula is C21H29N3O4. The number of piperidine rings is 1. The molecule has 0 aliphatic carbocycles. The van der Waals surface area contributed by atoms with Crippen molar-refractivity contribution < 1.29 is 18.8 Å². The maximum Gasteiger partial charge on any atom is 0.220 e. The molecule has 1 aliphatic rings. The van der Waals surface area contributed by atoms with Crippen molar-refractivity contribution in [2.45, 2.75) is 32.4 Å². The molecule has 0 saturated carbocycles. The van der Waals surface area contributed by atoms with E-state index in [1.807, 2.05) is 30.3 Å². The number of methoxy groups -OCH3 is 2. The number of carbonyl (C=O) groups excluding carboxylic acids is 1. The van der Waals surface area contributed by atoms with Crippen LogP contribution < -0.4 is 15.4 Å². The number of carbonyl (C=O) groups is 1. The summed E-state index contributed by atoms with van der Waals surface area (Å²) in [6.45, 7) is 2.72. The number of nitrogens with zero attached hydrogens (tertiary/aromatic N) is 1. The summed E-state index contributed by atoms with van der Waals surface area (Å²) in [6, 6.07) is 9.68. The zero-order chi connectivity index (χ0) is 19.8. The van der Waals surface area contributed by atoms with Gasteiger partial charge in [0, 0.05) is 31.7 Å². The van der Waals surface area contributed by atoms with Crippen LogP contribution in [-0.4, -0.2) is 38.4 Å². The first kappa shape index (κ1) is 20.4. The topological polar surface area (TPSA) is 85.6 Å². The van der Waals surface area contributed by atoms with E-state index in [2.05, 4.69) is 15.8 Å². The van der Waals surface area contributed by atoms with Crippen molar-refractivity contribution in [3.05, 3.63) is 47.3 Å². The SMILES string of the molecule is COCc1cc(CC2CNCCC2CC(=O)NCc2ccccc2OC)no1. The molecule has 1 aliphatic heterocycles. The molecule has 28 heavy (non-hydrogen) atoms. The normalized spacial score (nSPS) is 19.4. The number of aromatic nitrogens is 1. The van der Waals surface area contributed by atoms with Gasteiger partial charge in [0.2, 0.25) is 5.91 Å². The number of ether oxygens (including phenoxy) is 2. The Morgan fingerprint density at radius 1 is 1.32 bits per heavy atom.